The Morgan fingerprint density at radius 2 is 1.79 bits per heavy atom. The fourth-order valence-corrected chi connectivity index (χ4v) is 8.16. The van der Waals surface area contributed by atoms with Gasteiger partial charge in [-0.25, -0.2) is 9.97 Å². The third-order valence-corrected chi connectivity index (χ3v) is 10.1. The van der Waals surface area contributed by atoms with Crippen molar-refractivity contribution < 1.29 is 13.2 Å². The molecule has 4 saturated carbocycles. The summed E-state index contributed by atoms with van der Waals surface area (Å²) in [5.41, 5.74) is 0.387. The SMILES string of the molecule is Cc1nccc(N2CC3(CC(c4nnc5n4-c4ccc(Cl)cc4CN(C46CC(C(F)(F)F)(C4)C6)C5)C3)C2)n1. The molecule has 198 valence electrons. The summed E-state index contributed by atoms with van der Waals surface area (Å²) in [6.45, 7) is 4.92. The summed E-state index contributed by atoms with van der Waals surface area (Å²) in [7, 11) is 0. The van der Waals surface area contributed by atoms with Gasteiger partial charge in [0.1, 0.15) is 17.5 Å². The quantitative estimate of drug-likeness (QED) is 0.454. The molecule has 1 aromatic carbocycles. The molecule has 3 aromatic rings. The van der Waals surface area contributed by atoms with Gasteiger partial charge in [0.2, 0.25) is 0 Å². The minimum absolute atomic E-state index is 0.175. The topological polar surface area (TPSA) is 63.0 Å². The minimum Gasteiger partial charge on any atom is -0.355 e. The van der Waals surface area contributed by atoms with Crippen LogP contribution in [0.5, 0.6) is 0 Å². The van der Waals surface area contributed by atoms with E-state index in [1.807, 2.05) is 31.2 Å². The predicted octanol–water partition coefficient (Wildman–Crippen LogP) is 5.20. The van der Waals surface area contributed by atoms with Crippen molar-refractivity contribution >= 4 is 17.4 Å². The van der Waals surface area contributed by atoms with Gasteiger partial charge < -0.3 is 4.90 Å². The van der Waals surface area contributed by atoms with Crippen molar-refractivity contribution in [3.8, 4) is 5.69 Å². The summed E-state index contributed by atoms with van der Waals surface area (Å²) in [5, 5.41) is 9.89. The molecular formula is C27H27ClF3N7. The van der Waals surface area contributed by atoms with Gasteiger partial charge in [0.25, 0.3) is 0 Å². The lowest BCUT2D eigenvalue weighted by atomic mass is 9.38. The highest BCUT2D eigenvalue weighted by Gasteiger charge is 2.80. The molecule has 9 rings (SSSR count). The number of hydrogen-bond acceptors (Lipinski definition) is 6. The zero-order valence-corrected chi connectivity index (χ0v) is 21.7. The molecule has 1 saturated heterocycles. The monoisotopic (exact) mass is 541 g/mol. The third-order valence-electron chi connectivity index (χ3n) is 9.87. The first kappa shape index (κ1) is 23.2. The molecule has 4 aliphatic carbocycles. The summed E-state index contributed by atoms with van der Waals surface area (Å²) in [4.78, 5) is 13.3. The number of anilines is 1. The Bertz CT molecular complexity index is 1450. The van der Waals surface area contributed by atoms with Crippen LogP contribution in [-0.4, -0.2) is 54.4 Å². The summed E-state index contributed by atoms with van der Waals surface area (Å²) in [5.74, 6) is 3.82. The van der Waals surface area contributed by atoms with Crippen molar-refractivity contribution in [2.24, 2.45) is 10.8 Å². The first-order chi connectivity index (χ1) is 18.1. The number of halogens is 4. The number of benzene rings is 1. The zero-order chi connectivity index (χ0) is 26.1. The molecule has 6 aliphatic rings. The molecule has 2 aliphatic heterocycles. The van der Waals surface area contributed by atoms with E-state index in [1.165, 1.54) is 0 Å². The van der Waals surface area contributed by atoms with Crippen molar-refractivity contribution in [2.45, 2.75) is 69.8 Å². The van der Waals surface area contributed by atoms with E-state index >= 15 is 0 Å². The molecule has 0 radical (unpaired) electrons. The predicted molar refractivity (Wildman–Crippen MR) is 134 cm³/mol. The van der Waals surface area contributed by atoms with Gasteiger partial charge in [0.15, 0.2) is 5.82 Å². The maximum Gasteiger partial charge on any atom is 0.394 e. The molecule has 11 heteroatoms. The van der Waals surface area contributed by atoms with Gasteiger partial charge >= 0.3 is 6.18 Å². The highest BCUT2D eigenvalue weighted by Crippen LogP contribution is 2.75. The number of rotatable bonds is 3. The minimum atomic E-state index is -4.13. The molecular weight excluding hydrogens is 515 g/mol. The van der Waals surface area contributed by atoms with Gasteiger partial charge in [0.05, 0.1) is 17.6 Å². The summed E-state index contributed by atoms with van der Waals surface area (Å²) in [6.07, 6.45) is 0.279. The Morgan fingerprint density at radius 3 is 2.50 bits per heavy atom. The molecule has 2 aromatic heterocycles. The summed E-state index contributed by atoms with van der Waals surface area (Å²) < 4.78 is 42.9. The maximum atomic E-state index is 13.6. The molecule has 0 unspecified atom stereocenters. The van der Waals surface area contributed by atoms with Crippen molar-refractivity contribution in [2.75, 3.05) is 18.0 Å². The van der Waals surface area contributed by atoms with E-state index in [9.17, 15) is 13.2 Å². The fraction of sp³-hybridized carbons (Fsp3) is 0.556. The van der Waals surface area contributed by atoms with E-state index in [-0.39, 0.29) is 24.7 Å². The Kier molecular flexibility index (Phi) is 4.44. The van der Waals surface area contributed by atoms with Crippen LogP contribution in [0.3, 0.4) is 0 Å². The molecule has 4 heterocycles. The Balaban J connectivity index is 1.05. The van der Waals surface area contributed by atoms with Crippen LogP contribution in [0.4, 0.5) is 19.0 Å². The van der Waals surface area contributed by atoms with Crippen LogP contribution in [0.25, 0.3) is 5.69 Å². The van der Waals surface area contributed by atoms with Crippen LogP contribution < -0.4 is 4.90 Å². The average Bonchev–Trinajstić information content (AvgIpc) is 3.05. The Morgan fingerprint density at radius 1 is 1.03 bits per heavy atom. The number of alkyl halides is 3. The van der Waals surface area contributed by atoms with Crippen molar-refractivity contribution in [1.82, 2.24) is 29.6 Å². The lowest BCUT2D eigenvalue weighted by Crippen LogP contribution is -2.78. The molecule has 2 bridgehead atoms. The first-order valence-electron chi connectivity index (χ1n) is 13.2. The molecule has 0 atom stereocenters. The zero-order valence-electron chi connectivity index (χ0n) is 21.0. The molecule has 0 N–H and O–H groups in total. The standard InChI is InChI=1S/C27H27ClF3N7/c1-16-32-5-4-21(33-16)36-14-24(15-36)7-18(8-24)23-35-34-22-10-37(26-11-25(12-26,13-26)27(29,30)31)9-17-6-19(28)2-3-20(17)38(22)23/h2-6,18H,7-15H2,1H3. The first-order valence-corrected chi connectivity index (χ1v) is 13.6. The molecule has 0 amide bonds. The molecule has 1 spiro atoms. The van der Waals surface area contributed by atoms with Gasteiger partial charge in [-0.05, 0) is 68.9 Å². The number of aromatic nitrogens is 5. The van der Waals surface area contributed by atoms with E-state index in [1.54, 1.807) is 6.20 Å². The normalized spacial score (nSPS) is 29.4. The van der Waals surface area contributed by atoms with Gasteiger partial charge in [-0.15, -0.1) is 10.2 Å². The van der Waals surface area contributed by atoms with Crippen LogP contribution in [-0.2, 0) is 13.1 Å². The van der Waals surface area contributed by atoms with Gasteiger partial charge in [0, 0.05) is 47.7 Å². The van der Waals surface area contributed by atoms with Crippen molar-refractivity contribution in [3.05, 3.63) is 58.5 Å². The third kappa shape index (κ3) is 3.07. The van der Waals surface area contributed by atoms with Gasteiger partial charge in [-0.1, -0.05) is 11.6 Å². The van der Waals surface area contributed by atoms with E-state index in [2.05, 4.69) is 34.5 Å². The summed E-state index contributed by atoms with van der Waals surface area (Å²) >= 11 is 6.39. The fourth-order valence-electron chi connectivity index (χ4n) is 7.97. The van der Waals surface area contributed by atoms with Crippen LogP contribution in [0, 0.1) is 17.8 Å². The maximum absolute atomic E-state index is 13.6. The van der Waals surface area contributed by atoms with E-state index in [4.69, 9.17) is 11.6 Å². The highest BCUT2D eigenvalue weighted by molar-refractivity contribution is 6.30. The van der Waals surface area contributed by atoms with E-state index in [0.29, 0.717) is 24.0 Å². The summed E-state index contributed by atoms with van der Waals surface area (Å²) in [6, 6.07) is 7.79. The second-order valence-corrected chi connectivity index (χ2v) is 12.8. The second kappa shape index (κ2) is 7.27. The molecule has 5 fully saturated rings. The lowest BCUT2D eigenvalue weighted by Gasteiger charge is -2.73. The van der Waals surface area contributed by atoms with Crippen LogP contribution >= 0.6 is 11.6 Å². The van der Waals surface area contributed by atoms with E-state index in [0.717, 1.165) is 60.5 Å². The second-order valence-electron chi connectivity index (χ2n) is 12.4. The Labute approximate surface area is 223 Å². The average molecular weight is 542 g/mol. The smallest absolute Gasteiger partial charge is 0.355 e. The number of aryl methyl sites for hydroxylation is 1. The Hall–Kier alpha value is -2.72. The van der Waals surface area contributed by atoms with Crippen molar-refractivity contribution in [3.63, 3.8) is 0 Å². The largest absolute Gasteiger partial charge is 0.394 e. The molecule has 7 nitrogen and oxygen atoms in total. The van der Waals surface area contributed by atoms with E-state index < -0.39 is 17.1 Å². The molecule has 38 heavy (non-hydrogen) atoms. The van der Waals surface area contributed by atoms with Crippen LogP contribution in [0.1, 0.15) is 61.1 Å². The van der Waals surface area contributed by atoms with Gasteiger partial charge in [-0.2, -0.15) is 13.2 Å². The van der Waals surface area contributed by atoms with Crippen LogP contribution in [0.15, 0.2) is 30.5 Å². The van der Waals surface area contributed by atoms with Crippen LogP contribution in [0.2, 0.25) is 5.02 Å². The lowest BCUT2D eigenvalue weighted by molar-refractivity contribution is -0.364. The van der Waals surface area contributed by atoms with Crippen molar-refractivity contribution in [1.29, 1.82) is 0 Å². The number of nitrogens with zero attached hydrogens (tertiary/aromatic N) is 7. The van der Waals surface area contributed by atoms with Gasteiger partial charge in [-0.3, -0.25) is 9.47 Å². The number of fused-ring (bicyclic) bond motifs is 3. The number of hydrogen-bond donors (Lipinski definition) is 0. The highest BCUT2D eigenvalue weighted by atomic mass is 35.5.